The first-order chi connectivity index (χ1) is 11.3. The SMILES string of the molecule is C=CC(=O)n1c(C)c(C(=O)C(N)=O)c2c(OCC(=O)O)cccc21. The number of nitrogens with zero attached hydrogens (tertiary/aromatic N) is 1. The number of primary amides is 1. The van der Waals surface area contributed by atoms with Gasteiger partial charge in [0.05, 0.1) is 16.5 Å². The van der Waals surface area contributed by atoms with Gasteiger partial charge in [0.2, 0.25) is 0 Å². The molecule has 0 saturated heterocycles. The number of aliphatic carboxylic acids is 1. The van der Waals surface area contributed by atoms with E-state index in [1.165, 1.54) is 29.7 Å². The lowest BCUT2D eigenvalue weighted by molar-refractivity contribution is -0.139. The summed E-state index contributed by atoms with van der Waals surface area (Å²) < 4.78 is 6.37. The molecule has 8 nitrogen and oxygen atoms in total. The molecule has 0 aliphatic rings. The Morgan fingerprint density at radius 2 is 2.00 bits per heavy atom. The third-order valence-corrected chi connectivity index (χ3v) is 3.39. The number of carboxylic acids is 1. The third-order valence-electron chi connectivity index (χ3n) is 3.39. The zero-order valence-corrected chi connectivity index (χ0v) is 12.7. The quantitative estimate of drug-likeness (QED) is 0.460. The Bertz CT molecular complexity index is 894. The average Bonchev–Trinajstić information content (AvgIpc) is 2.83. The van der Waals surface area contributed by atoms with Gasteiger partial charge in [0.1, 0.15) is 5.75 Å². The molecule has 24 heavy (non-hydrogen) atoms. The van der Waals surface area contributed by atoms with Crippen LogP contribution < -0.4 is 10.5 Å². The molecule has 0 fully saturated rings. The molecule has 124 valence electrons. The molecule has 3 N–H and O–H groups in total. The first kappa shape index (κ1) is 16.9. The fraction of sp³-hybridized carbons (Fsp3) is 0.125. The summed E-state index contributed by atoms with van der Waals surface area (Å²) in [5.74, 6) is -3.88. The summed E-state index contributed by atoms with van der Waals surface area (Å²) >= 11 is 0. The Hall–Kier alpha value is -3.42. The van der Waals surface area contributed by atoms with Crippen LogP contribution in [-0.4, -0.2) is 39.8 Å². The van der Waals surface area contributed by atoms with Crippen LogP contribution in [0.4, 0.5) is 0 Å². The minimum Gasteiger partial charge on any atom is -0.481 e. The number of Topliss-reactive ketones (excluding diaryl/α,β-unsaturated/α-hetero) is 1. The second-order valence-corrected chi connectivity index (χ2v) is 4.86. The summed E-state index contributed by atoms with van der Waals surface area (Å²) in [7, 11) is 0. The smallest absolute Gasteiger partial charge is 0.341 e. The molecule has 1 aromatic heterocycles. The highest BCUT2D eigenvalue weighted by Gasteiger charge is 2.27. The standard InChI is InChI=1S/C16H14N2O6/c1-3-11(19)18-8(2)13(15(22)16(17)23)14-9(18)5-4-6-10(14)24-7-12(20)21/h3-6H,1,7H2,2H3,(H2,17,23)(H,20,21). The summed E-state index contributed by atoms with van der Waals surface area (Å²) in [5.41, 5.74) is 5.44. The van der Waals surface area contributed by atoms with Crippen molar-refractivity contribution in [3.63, 3.8) is 0 Å². The van der Waals surface area contributed by atoms with Gasteiger partial charge in [-0.25, -0.2) is 4.79 Å². The Labute approximate surface area is 136 Å². The van der Waals surface area contributed by atoms with E-state index in [1.54, 1.807) is 0 Å². The maximum absolute atomic E-state index is 12.2. The lowest BCUT2D eigenvalue weighted by Gasteiger charge is -2.06. The van der Waals surface area contributed by atoms with Gasteiger partial charge >= 0.3 is 5.97 Å². The molecule has 0 atom stereocenters. The average molecular weight is 330 g/mol. The number of hydrogen-bond acceptors (Lipinski definition) is 5. The number of benzene rings is 1. The molecule has 0 bridgehead atoms. The highest BCUT2D eigenvalue weighted by Crippen LogP contribution is 2.34. The van der Waals surface area contributed by atoms with Crippen LogP contribution in [-0.2, 0) is 9.59 Å². The van der Waals surface area contributed by atoms with Crippen molar-refractivity contribution in [3.05, 3.63) is 42.1 Å². The topological polar surface area (TPSA) is 129 Å². The van der Waals surface area contributed by atoms with Crippen molar-refractivity contribution in [1.82, 2.24) is 4.57 Å². The molecule has 2 rings (SSSR count). The maximum Gasteiger partial charge on any atom is 0.341 e. The number of carboxylic acid groups (broad SMARTS) is 1. The van der Waals surface area contributed by atoms with Crippen molar-refractivity contribution in [3.8, 4) is 5.75 Å². The molecule has 0 saturated carbocycles. The van der Waals surface area contributed by atoms with Gasteiger partial charge in [-0.3, -0.25) is 19.0 Å². The van der Waals surface area contributed by atoms with Crippen LogP contribution in [0.3, 0.4) is 0 Å². The van der Waals surface area contributed by atoms with E-state index in [0.717, 1.165) is 6.08 Å². The van der Waals surface area contributed by atoms with Gasteiger partial charge in [0, 0.05) is 5.69 Å². The van der Waals surface area contributed by atoms with Crippen molar-refractivity contribution in [2.45, 2.75) is 6.92 Å². The fourth-order valence-corrected chi connectivity index (χ4v) is 2.47. The number of allylic oxidation sites excluding steroid dienone is 1. The van der Waals surface area contributed by atoms with Crippen LogP contribution in [0.2, 0.25) is 0 Å². The van der Waals surface area contributed by atoms with E-state index in [-0.39, 0.29) is 27.9 Å². The normalized spacial score (nSPS) is 10.4. The van der Waals surface area contributed by atoms with Crippen LogP contribution in [0, 0.1) is 6.92 Å². The third kappa shape index (κ3) is 2.76. The van der Waals surface area contributed by atoms with E-state index in [4.69, 9.17) is 15.6 Å². The first-order valence-electron chi connectivity index (χ1n) is 6.79. The van der Waals surface area contributed by atoms with Gasteiger partial charge in [-0.15, -0.1) is 0 Å². The molecule has 0 unspecified atom stereocenters. The molecule has 2 aromatic rings. The Kier molecular flexibility index (Phi) is 4.50. The van der Waals surface area contributed by atoms with E-state index in [9.17, 15) is 19.2 Å². The second-order valence-electron chi connectivity index (χ2n) is 4.86. The second kappa shape index (κ2) is 6.37. The zero-order chi connectivity index (χ0) is 18.0. The number of ether oxygens (including phenoxy) is 1. The van der Waals surface area contributed by atoms with Gasteiger partial charge in [-0.1, -0.05) is 12.6 Å². The van der Waals surface area contributed by atoms with Crippen molar-refractivity contribution >= 4 is 34.5 Å². The molecular formula is C16H14N2O6. The summed E-state index contributed by atoms with van der Waals surface area (Å²) in [5, 5.41) is 8.91. The number of aromatic nitrogens is 1. The number of amides is 1. The van der Waals surface area contributed by atoms with Gasteiger partial charge in [0.15, 0.2) is 6.61 Å². The minimum absolute atomic E-state index is 0.0539. The lowest BCUT2D eigenvalue weighted by atomic mass is 10.1. The molecular weight excluding hydrogens is 316 g/mol. The Morgan fingerprint density at radius 1 is 1.33 bits per heavy atom. The van der Waals surface area contributed by atoms with Crippen LogP contribution in [0.25, 0.3) is 10.9 Å². The minimum atomic E-state index is -1.21. The highest BCUT2D eigenvalue weighted by molar-refractivity contribution is 6.45. The number of rotatable bonds is 6. The van der Waals surface area contributed by atoms with Crippen molar-refractivity contribution in [2.24, 2.45) is 5.73 Å². The maximum atomic E-state index is 12.2. The van der Waals surface area contributed by atoms with E-state index in [2.05, 4.69) is 6.58 Å². The molecule has 8 heteroatoms. The highest BCUT2D eigenvalue weighted by atomic mass is 16.5. The summed E-state index contributed by atoms with van der Waals surface area (Å²) in [6, 6.07) is 4.50. The monoisotopic (exact) mass is 330 g/mol. The predicted octanol–water partition coefficient (Wildman–Crippen LogP) is 0.907. The molecule has 0 aliphatic carbocycles. The molecule has 1 heterocycles. The molecule has 0 spiro atoms. The Balaban J connectivity index is 2.85. The summed E-state index contributed by atoms with van der Waals surface area (Å²) in [4.78, 5) is 46.4. The molecule has 0 aliphatic heterocycles. The van der Waals surface area contributed by atoms with Crippen LogP contribution >= 0.6 is 0 Å². The number of carbonyl (C=O) groups excluding carboxylic acids is 3. The largest absolute Gasteiger partial charge is 0.481 e. The van der Waals surface area contributed by atoms with Crippen LogP contribution in [0.1, 0.15) is 20.8 Å². The summed E-state index contributed by atoms with van der Waals surface area (Å²) in [6.07, 6.45) is 1.05. The van der Waals surface area contributed by atoms with Gasteiger partial charge in [-0.05, 0) is 25.1 Å². The number of nitrogens with two attached hydrogens (primary N) is 1. The van der Waals surface area contributed by atoms with E-state index < -0.39 is 30.2 Å². The predicted molar refractivity (Wildman–Crippen MR) is 84.2 cm³/mol. The first-order valence-corrected chi connectivity index (χ1v) is 6.79. The van der Waals surface area contributed by atoms with Crippen molar-refractivity contribution in [2.75, 3.05) is 6.61 Å². The van der Waals surface area contributed by atoms with Crippen LogP contribution in [0.5, 0.6) is 5.75 Å². The van der Waals surface area contributed by atoms with Gasteiger partial charge < -0.3 is 15.6 Å². The molecule has 1 amide bonds. The lowest BCUT2D eigenvalue weighted by Crippen LogP contribution is -2.24. The van der Waals surface area contributed by atoms with E-state index in [1.807, 2.05) is 0 Å². The molecule has 0 radical (unpaired) electrons. The van der Waals surface area contributed by atoms with E-state index >= 15 is 0 Å². The number of carbonyl (C=O) groups is 4. The number of ketones is 1. The summed E-state index contributed by atoms with van der Waals surface area (Å²) in [6.45, 7) is 4.22. The zero-order valence-electron chi connectivity index (χ0n) is 12.7. The number of hydrogen-bond donors (Lipinski definition) is 2. The van der Waals surface area contributed by atoms with Crippen molar-refractivity contribution in [1.29, 1.82) is 0 Å². The molecule has 1 aromatic carbocycles. The fourth-order valence-electron chi connectivity index (χ4n) is 2.47. The van der Waals surface area contributed by atoms with Gasteiger partial charge in [-0.2, -0.15) is 0 Å². The van der Waals surface area contributed by atoms with E-state index in [0.29, 0.717) is 0 Å². The Morgan fingerprint density at radius 3 is 2.54 bits per heavy atom. The van der Waals surface area contributed by atoms with Gasteiger partial charge in [0.25, 0.3) is 17.6 Å². The number of fused-ring (bicyclic) bond motifs is 1. The van der Waals surface area contributed by atoms with Crippen molar-refractivity contribution < 1.29 is 29.0 Å². The van der Waals surface area contributed by atoms with Crippen LogP contribution in [0.15, 0.2) is 30.9 Å².